The van der Waals surface area contributed by atoms with E-state index in [0.29, 0.717) is 0 Å². The quantitative estimate of drug-likeness (QED) is 0.142. The summed E-state index contributed by atoms with van der Waals surface area (Å²) in [5.41, 5.74) is 11.0. The van der Waals surface area contributed by atoms with Crippen molar-refractivity contribution in [2.75, 3.05) is 0 Å². The molecule has 46 heavy (non-hydrogen) atoms. The maximum absolute atomic E-state index is 2.39. The third kappa shape index (κ3) is 4.44. The van der Waals surface area contributed by atoms with Gasteiger partial charge in [0.15, 0.2) is 0 Å². The molecular weight excluding hydrogens is 553 g/mol. The van der Waals surface area contributed by atoms with Crippen molar-refractivity contribution in [3.05, 3.63) is 174 Å². The fourth-order valence-corrected chi connectivity index (χ4v) is 7.86. The molecule has 0 fully saturated rings. The van der Waals surface area contributed by atoms with E-state index in [2.05, 4.69) is 158 Å². The molecule has 0 heterocycles. The molecule has 0 nitrogen and oxygen atoms in total. The summed E-state index contributed by atoms with van der Waals surface area (Å²) in [6.45, 7) is 0. The van der Waals surface area contributed by atoms with Crippen molar-refractivity contribution >= 4 is 48.7 Å². The van der Waals surface area contributed by atoms with Crippen LogP contribution in [-0.2, 0) is 0 Å². The van der Waals surface area contributed by atoms with Crippen molar-refractivity contribution in [2.24, 2.45) is 0 Å². The molecule has 0 bridgehead atoms. The summed E-state index contributed by atoms with van der Waals surface area (Å²) in [6, 6.07) is 47.4. The molecule has 0 amide bonds. The van der Waals surface area contributed by atoms with Crippen molar-refractivity contribution in [3.8, 4) is 22.3 Å². The van der Waals surface area contributed by atoms with E-state index in [4.69, 9.17) is 0 Å². The van der Waals surface area contributed by atoms with Crippen LogP contribution in [0.1, 0.15) is 31.2 Å². The SMILES string of the molecule is C1=CCCC(C2=CC=C(c3ccccc3-c3c4ccccc4c(-c4ccc5ccccc5c4)c4c3ccc3ccccc34)CC2)=C1. The third-order valence-electron chi connectivity index (χ3n) is 10.1. The largest absolute Gasteiger partial charge is 0.0842 e. The van der Waals surface area contributed by atoms with E-state index >= 15 is 0 Å². The number of hydrogen-bond donors (Lipinski definition) is 0. The smallest absolute Gasteiger partial charge is 0.00141 e. The third-order valence-corrected chi connectivity index (χ3v) is 10.1. The Bertz CT molecular complexity index is 2460. The highest BCUT2D eigenvalue weighted by atomic mass is 14.2. The van der Waals surface area contributed by atoms with E-state index in [1.807, 2.05) is 0 Å². The lowest BCUT2D eigenvalue weighted by atomic mass is 9.80. The summed E-state index contributed by atoms with van der Waals surface area (Å²) in [7, 11) is 0. The molecule has 0 unspecified atom stereocenters. The van der Waals surface area contributed by atoms with Gasteiger partial charge in [-0.1, -0.05) is 152 Å². The van der Waals surface area contributed by atoms with Crippen LogP contribution in [0.25, 0.3) is 70.9 Å². The second kappa shape index (κ2) is 11.2. The summed E-state index contributed by atoms with van der Waals surface area (Å²) in [4.78, 5) is 0. The average molecular weight is 587 g/mol. The predicted octanol–water partition coefficient (Wildman–Crippen LogP) is 13.0. The monoisotopic (exact) mass is 586 g/mol. The van der Waals surface area contributed by atoms with Crippen molar-refractivity contribution in [2.45, 2.75) is 25.7 Å². The Balaban J connectivity index is 1.34. The first-order valence-corrected chi connectivity index (χ1v) is 16.5. The van der Waals surface area contributed by atoms with E-state index < -0.39 is 0 Å². The van der Waals surface area contributed by atoms with Crippen LogP contribution < -0.4 is 0 Å². The Labute approximate surface area is 270 Å². The molecule has 0 N–H and O–H groups in total. The van der Waals surface area contributed by atoms with Gasteiger partial charge in [0.2, 0.25) is 0 Å². The molecule has 9 rings (SSSR count). The number of fused-ring (bicyclic) bond motifs is 5. The molecule has 0 aliphatic heterocycles. The van der Waals surface area contributed by atoms with E-state index in [-0.39, 0.29) is 0 Å². The van der Waals surface area contributed by atoms with Gasteiger partial charge in [-0.05, 0) is 119 Å². The van der Waals surface area contributed by atoms with Gasteiger partial charge >= 0.3 is 0 Å². The topological polar surface area (TPSA) is 0 Å². The fourth-order valence-electron chi connectivity index (χ4n) is 7.86. The van der Waals surface area contributed by atoms with E-state index in [1.54, 1.807) is 0 Å². The van der Waals surface area contributed by atoms with Gasteiger partial charge in [0.1, 0.15) is 0 Å². The number of hydrogen-bond acceptors (Lipinski definition) is 0. The molecule has 7 aromatic carbocycles. The molecule has 218 valence electrons. The standard InChI is InChI=1S/C46H34/c1-2-12-31(13-3-1)33-22-25-35(26-23-33)38-17-8-9-19-40(38)45-42-21-11-10-20-41(42)44(37-27-24-32-14-4-5-16-36(32)30-37)46-39-18-7-6-15-34(39)28-29-43(45)46/h1-2,4-12,14-22,24-25,27-30H,3,13,23,26H2. The van der Waals surface area contributed by atoms with Gasteiger partial charge in [0, 0.05) is 0 Å². The number of rotatable bonds is 4. The molecule has 7 aromatic rings. The van der Waals surface area contributed by atoms with Crippen molar-refractivity contribution < 1.29 is 0 Å². The molecule has 0 heteroatoms. The zero-order chi connectivity index (χ0) is 30.5. The first-order chi connectivity index (χ1) is 22.8. The molecule has 0 saturated carbocycles. The highest BCUT2D eigenvalue weighted by molar-refractivity contribution is 6.28. The van der Waals surface area contributed by atoms with Crippen LogP contribution in [0, 0.1) is 0 Å². The van der Waals surface area contributed by atoms with Crippen molar-refractivity contribution in [1.82, 2.24) is 0 Å². The Morgan fingerprint density at radius 2 is 1.02 bits per heavy atom. The van der Waals surface area contributed by atoms with Crippen LogP contribution in [0.15, 0.2) is 169 Å². The van der Waals surface area contributed by atoms with Crippen molar-refractivity contribution in [3.63, 3.8) is 0 Å². The maximum Gasteiger partial charge on any atom is -0.00141 e. The molecule has 2 aliphatic rings. The minimum atomic E-state index is 1.05. The van der Waals surface area contributed by atoms with Gasteiger partial charge in [0.05, 0.1) is 0 Å². The lowest BCUT2D eigenvalue weighted by Gasteiger charge is -2.23. The van der Waals surface area contributed by atoms with E-state index in [9.17, 15) is 0 Å². The Kier molecular flexibility index (Phi) is 6.53. The molecule has 0 radical (unpaired) electrons. The highest BCUT2D eigenvalue weighted by Gasteiger charge is 2.22. The number of benzene rings is 7. The first-order valence-electron chi connectivity index (χ1n) is 16.5. The average Bonchev–Trinajstić information content (AvgIpc) is 3.14. The van der Waals surface area contributed by atoms with Crippen LogP contribution in [0.4, 0.5) is 0 Å². The highest BCUT2D eigenvalue weighted by Crippen LogP contribution is 2.48. The molecule has 0 saturated heterocycles. The van der Waals surface area contributed by atoms with Crippen LogP contribution >= 0.6 is 0 Å². The van der Waals surface area contributed by atoms with Gasteiger partial charge < -0.3 is 0 Å². The normalized spacial score (nSPS) is 14.9. The maximum atomic E-state index is 2.39. The van der Waals surface area contributed by atoms with Crippen LogP contribution in [0.5, 0.6) is 0 Å². The van der Waals surface area contributed by atoms with Crippen LogP contribution in [0.2, 0.25) is 0 Å². The summed E-state index contributed by atoms with van der Waals surface area (Å²) in [5, 5.41) is 10.3. The zero-order valence-corrected chi connectivity index (χ0v) is 25.8. The van der Waals surface area contributed by atoms with Crippen LogP contribution in [-0.4, -0.2) is 0 Å². The Hall–Kier alpha value is -5.46. The second-order valence-corrected chi connectivity index (χ2v) is 12.7. The molecule has 0 atom stereocenters. The van der Waals surface area contributed by atoms with Gasteiger partial charge in [-0.3, -0.25) is 0 Å². The van der Waals surface area contributed by atoms with Crippen molar-refractivity contribution in [1.29, 1.82) is 0 Å². The molecular formula is C46H34. The molecule has 2 aliphatic carbocycles. The predicted molar refractivity (Wildman–Crippen MR) is 199 cm³/mol. The van der Waals surface area contributed by atoms with E-state index in [1.165, 1.54) is 87.6 Å². The summed E-state index contributed by atoms with van der Waals surface area (Å²) < 4.78 is 0. The summed E-state index contributed by atoms with van der Waals surface area (Å²) in [6.07, 6.45) is 16.0. The van der Waals surface area contributed by atoms with Gasteiger partial charge in [-0.25, -0.2) is 0 Å². The summed E-state index contributed by atoms with van der Waals surface area (Å²) >= 11 is 0. The lowest BCUT2D eigenvalue weighted by molar-refractivity contribution is 0.905. The van der Waals surface area contributed by atoms with Gasteiger partial charge in [-0.2, -0.15) is 0 Å². The molecule has 0 aromatic heterocycles. The second-order valence-electron chi connectivity index (χ2n) is 12.7. The van der Waals surface area contributed by atoms with Crippen LogP contribution in [0.3, 0.4) is 0 Å². The molecule has 0 spiro atoms. The van der Waals surface area contributed by atoms with Gasteiger partial charge in [0.25, 0.3) is 0 Å². The zero-order valence-electron chi connectivity index (χ0n) is 25.8. The fraction of sp³-hybridized carbons (Fsp3) is 0.0870. The van der Waals surface area contributed by atoms with Gasteiger partial charge in [-0.15, -0.1) is 0 Å². The Morgan fingerprint density at radius 3 is 1.80 bits per heavy atom. The minimum Gasteiger partial charge on any atom is -0.0842 e. The Morgan fingerprint density at radius 1 is 0.391 bits per heavy atom. The lowest BCUT2D eigenvalue weighted by Crippen LogP contribution is -2.00. The van der Waals surface area contributed by atoms with E-state index in [0.717, 1.165) is 25.7 Å². The summed E-state index contributed by atoms with van der Waals surface area (Å²) in [5.74, 6) is 0. The minimum absolute atomic E-state index is 1.05. The number of allylic oxidation sites excluding steroid dienone is 8. The first kappa shape index (κ1) is 26.9.